The minimum absolute atomic E-state index is 0.175. The van der Waals surface area contributed by atoms with E-state index in [0.717, 1.165) is 55.1 Å². The van der Waals surface area contributed by atoms with Gasteiger partial charge in [-0.2, -0.15) is 5.10 Å². The predicted octanol–water partition coefficient (Wildman–Crippen LogP) is 4.64. The average Bonchev–Trinajstić information content (AvgIpc) is 3.28. The zero-order chi connectivity index (χ0) is 25.8. The van der Waals surface area contributed by atoms with Gasteiger partial charge in [-0.25, -0.2) is 0 Å². The predicted molar refractivity (Wildman–Crippen MR) is 143 cm³/mol. The summed E-state index contributed by atoms with van der Waals surface area (Å²) in [4.78, 5) is 13.6. The Bertz CT molecular complexity index is 1210. The number of rotatable bonds is 8. The number of hydrogen-bond donors (Lipinski definition) is 2. The third-order valence-corrected chi connectivity index (χ3v) is 8.09. The van der Waals surface area contributed by atoms with E-state index < -0.39 is 0 Å². The summed E-state index contributed by atoms with van der Waals surface area (Å²) in [5.74, 6) is 2.22. The number of esters is 1. The second-order valence-electron chi connectivity index (χ2n) is 10.6. The molecule has 0 radical (unpaired) electrons. The zero-order valence-corrected chi connectivity index (χ0v) is 21.9. The van der Waals surface area contributed by atoms with Crippen LogP contribution in [0.5, 0.6) is 5.75 Å². The van der Waals surface area contributed by atoms with Crippen LogP contribution in [0.4, 0.5) is 5.82 Å². The summed E-state index contributed by atoms with van der Waals surface area (Å²) >= 11 is 0. The summed E-state index contributed by atoms with van der Waals surface area (Å²) < 4.78 is 7.25. The van der Waals surface area contributed by atoms with E-state index in [0.29, 0.717) is 29.8 Å². The van der Waals surface area contributed by atoms with Gasteiger partial charge in [0, 0.05) is 39.2 Å². The number of likely N-dealkylation sites (tertiary alicyclic amines) is 1. The number of phenols is 1. The minimum Gasteiger partial charge on any atom is -0.507 e. The fourth-order valence-electron chi connectivity index (χ4n) is 5.99. The van der Waals surface area contributed by atoms with Crippen LogP contribution in [0.3, 0.4) is 0 Å². The van der Waals surface area contributed by atoms with Gasteiger partial charge in [-0.05, 0) is 62.1 Å². The number of ether oxygens (including phenoxy) is 1. The Hall–Kier alpha value is -3.20. The number of phenolic OH excluding ortho intramolecular Hbond substituents is 1. The lowest BCUT2D eigenvalue weighted by atomic mass is 9.80. The zero-order valence-electron chi connectivity index (χ0n) is 21.9. The number of para-hydroxylation sites is 1. The maximum Gasteiger partial charge on any atom is 0.302 e. The summed E-state index contributed by atoms with van der Waals surface area (Å²) in [6, 6.07) is 9.53. The molecule has 198 valence electrons. The van der Waals surface area contributed by atoms with Gasteiger partial charge in [0.2, 0.25) is 0 Å². The second-order valence-corrected chi connectivity index (χ2v) is 10.6. The fraction of sp³-hybridized carbons (Fsp3) is 0.571. The van der Waals surface area contributed by atoms with Crippen molar-refractivity contribution in [1.29, 1.82) is 0 Å². The van der Waals surface area contributed by atoms with Crippen molar-refractivity contribution in [1.82, 2.24) is 24.9 Å². The van der Waals surface area contributed by atoms with E-state index in [1.807, 2.05) is 25.2 Å². The molecule has 0 bridgehead atoms. The molecule has 1 saturated carbocycles. The minimum atomic E-state index is -0.175. The second kappa shape index (κ2) is 11.5. The van der Waals surface area contributed by atoms with Crippen molar-refractivity contribution in [3.63, 3.8) is 0 Å². The van der Waals surface area contributed by atoms with Crippen LogP contribution in [0.25, 0.3) is 22.3 Å². The van der Waals surface area contributed by atoms with Gasteiger partial charge in [0.1, 0.15) is 5.75 Å². The smallest absolute Gasteiger partial charge is 0.302 e. The first-order valence-corrected chi connectivity index (χ1v) is 13.6. The van der Waals surface area contributed by atoms with Gasteiger partial charge in [0.15, 0.2) is 11.3 Å². The third-order valence-electron chi connectivity index (χ3n) is 8.09. The molecular formula is C28H38N6O3. The number of aromatic nitrogens is 4. The van der Waals surface area contributed by atoms with Crippen molar-refractivity contribution in [2.45, 2.75) is 57.9 Å². The fourth-order valence-corrected chi connectivity index (χ4v) is 5.99. The average molecular weight is 507 g/mol. The van der Waals surface area contributed by atoms with E-state index in [-0.39, 0.29) is 11.7 Å². The van der Waals surface area contributed by atoms with Crippen molar-refractivity contribution in [3.8, 4) is 17.0 Å². The third kappa shape index (κ3) is 5.87. The molecule has 37 heavy (non-hydrogen) atoms. The van der Waals surface area contributed by atoms with Gasteiger partial charge in [-0.3, -0.25) is 9.48 Å². The standard InChI is InChI=1S/C28H38N6O3/c1-19(35)37-16-13-20-7-9-21(10-8-20)18-33-14-11-22(12-15-33)34-25-17-24(23-5-3-4-6-26(23)36)30-31-27(25)28(29-2)32-34/h3-6,17,20-22,36H,7-16,18H2,1-2H3,(H,29,32). The molecule has 5 rings (SSSR count). The maximum absolute atomic E-state index is 11.0. The molecule has 0 spiro atoms. The topological polar surface area (TPSA) is 105 Å². The van der Waals surface area contributed by atoms with Crippen molar-refractivity contribution in [3.05, 3.63) is 30.3 Å². The molecule has 3 aromatic rings. The van der Waals surface area contributed by atoms with E-state index in [9.17, 15) is 9.90 Å². The molecule has 3 heterocycles. The van der Waals surface area contributed by atoms with Crippen LogP contribution in [0.15, 0.2) is 30.3 Å². The number of carbonyl (C=O) groups is 1. The number of anilines is 1. The Morgan fingerprint density at radius 1 is 1.08 bits per heavy atom. The summed E-state index contributed by atoms with van der Waals surface area (Å²) in [6.07, 6.45) is 8.13. The van der Waals surface area contributed by atoms with Crippen LogP contribution >= 0.6 is 0 Å². The van der Waals surface area contributed by atoms with E-state index >= 15 is 0 Å². The van der Waals surface area contributed by atoms with E-state index in [1.54, 1.807) is 12.1 Å². The van der Waals surface area contributed by atoms with E-state index in [1.165, 1.54) is 39.2 Å². The quantitative estimate of drug-likeness (QED) is 0.426. The lowest BCUT2D eigenvalue weighted by Gasteiger charge is -2.36. The first-order chi connectivity index (χ1) is 18.0. The summed E-state index contributed by atoms with van der Waals surface area (Å²) in [5.41, 5.74) is 3.03. The summed E-state index contributed by atoms with van der Waals surface area (Å²) in [6.45, 7) is 5.36. The molecule has 0 atom stereocenters. The highest BCUT2D eigenvalue weighted by molar-refractivity contribution is 5.88. The monoisotopic (exact) mass is 506 g/mol. The molecule has 1 aromatic carbocycles. The summed E-state index contributed by atoms with van der Waals surface area (Å²) in [5, 5.41) is 27.2. The number of hydrogen-bond acceptors (Lipinski definition) is 8. The number of carbonyl (C=O) groups excluding carboxylic acids is 1. The molecular weight excluding hydrogens is 468 g/mol. The number of nitrogens with zero attached hydrogens (tertiary/aromatic N) is 5. The lowest BCUT2D eigenvalue weighted by molar-refractivity contribution is -0.141. The van der Waals surface area contributed by atoms with Crippen LogP contribution in [0.2, 0.25) is 0 Å². The molecule has 2 aromatic heterocycles. The number of piperidine rings is 1. The van der Waals surface area contributed by atoms with Crippen LogP contribution in [0, 0.1) is 11.8 Å². The van der Waals surface area contributed by atoms with Crippen LogP contribution in [-0.4, -0.2) is 69.2 Å². The Labute approximate surface area is 218 Å². The normalized spacial score (nSPS) is 21.2. The highest BCUT2D eigenvalue weighted by atomic mass is 16.5. The highest BCUT2D eigenvalue weighted by Gasteiger charge is 2.28. The highest BCUT2D eigenvalue weighted by Crippen LogP contribution is 2.35. The molecule has 1 aliphatic heterocycles. The van der Waals surface area contributed by atoms with E-state index in [4.69, 9.17) is 9.84 Å². The van der Waals surface area contributed by atoms with Gasteiger partial charge < -0.3 is 20.1 Å². The van der Waals surface area contributed by atoms with Crippen LogP contribution in [0.1, 0.15) is 57.9 Å². The number of aromatic hydroxyl groups is 1. The number of fused-ring (bicyclic) bond motifs is 1. The first-order valence-electron chi connectivity index (χ1n) is 13.6. The summed E-state index contributed by atoms with van der Waals surface area (Å²) in [7, 11) is 1.86. The largest absolute Gasteiger partial charge is 0.507 e. The molecule has 0 amide bonds. The number of nitrogens with one attached hydrogen (secondary N) is 1. The van der Waals surface area contributed by atoms with Crippen LogP contribution in [-0.2, 0) is 9.53 Å². The molecule has 9 heteroatoms. The molecule has 2 fully saturated rings. The Morgan fingerprint density at radius 2 is 1.81 bits per heavy atom. The lowest BCUT2D eigenvalue weighted by Crippen LogP contribution is -2.38. The van der Waals surface area contributed by atoms with E-state index in [2.05, 4.69) is 25.1 Å². The van der Waals surface area contributed by atoms with Crippen molar-refractivity contribution in [2.75, 3.05) is 38.6 Å². The van der Waals surface area contributed by atoms with Crippen molar-refractivity contribution < 1.29 is 14.6 Å². The van der Waals surface area contributed by atoms with Gasteiger partial charge in [0.05, 0.1) is 23.9 Å². The molecule has 1 saturated heterocycles. The Balaban J connectivity index is 1.20. The van der Waals surface area contributed by atoms with Gasteiger partial charge in [-0.15, -0.1) is 10.2 Å². The van der Waals surface area contributed by atoms with Gasteiger partial charge in [-0.1, -0.05) is 25.0 Å². The molecule has 1 aliphatic carbocycles. The van der Waals surface area contributed by atoms with Crippen molar-refractivity contribution in [2.24, 2.45) is 11.8 Å². The van der Waals surface area contributed by atoms with Crippen LogP contribution < -0.4 is 5.32 Å². The Kier molecular flexibility index (Phi) is 7.88. The molecule has 0 unspecified atom stereocenters. The number of benzene rings is 1. The van der Waals surface area contributed by atoms with Crippen molar-refractivity contribution >= 4 is 22.8 Å². The first kappa shape index (κ1) is 25.4. The molecule has 2 N–H and O–H groups in total. The molecule has 2 aliphatic rings. The molecule has 9 nitrogen and oxygen atoms in total. The maximum atomic E-state index is 11.0. The SMILES string of the molecule is CNc1nn(C2CCN(CC3CCC(CCOC(C)=O)CC3)CC2)c2cc(-c3ccccc3O)nnc12. The van der Waals surface area contributed by atoms with Gasteiger partial charge in [0.25, 0.3) is 0 Å². The Morgan fingerprint density at radius 3 is 2.51 bits per heavy atom. The van der Waals surface area contributed by atoms with Gasteiger partial charge >= 0.3 is 5.97 Å².